The summed E-state index contributed by atoms with van der Waals surface area (Å²) in [4.78, 5) is 15.6. The molecule has 1 N–H and O–H groups in total. The van der Waals surface area contributed by atoms with Gasteiger partial charge in [0.25, 0.3) is 5.89 Å². The Morgan fingerprint density at radius 1 is 1.37 bits per heavy atom. The number of nitrogens with zero attached hydrogens (tertiary/aromatic N) is 7. The van der Waals surface area contributed by atoms with Crippen LogP contribution < -0.4 is 5.32 Å². The number of pyridine rings is 1. The fourth-order valence-corrected chi connectivity index (χ4v) is 3.29. The van der Waals surface area contributed by atoms with Crippen LogP contribution in [-0.4, -0.2) is 68.6 Å². The van der Waals surface area contributed by atoms with Gasteiger partial charge in [-0.25, -0.2) is 0 Å². The maximum Gasteiger partial charge on any atom is 0.276 e. The van der Waals surface area contributed by atoms with Crippen molar-refractivity contribution in [2.45, 2.75) is 19.4 Å². The molecule has 1 aliphatic heterocycles. The van der Waals surface area contributed by atoms with Gasteiger partial charge >= 0.3 is 0 Å². The van der Waals surface area contributed by atoms with Crippen LogP contribution in [0.5, 0.6) is 0 Å². The summed E-state index contributed by atoms with van der Waals surface area (Å²) in [5.74, 6) is 1.91. The number of aryl methyl sites for hydroxylation is 1. The van der Waals surface area contributed by atoms with Crippen molar-refractivity contribution in [3.05, 3.63) is 48.2 Å². The second kappa shape index (κ2) is 9.49. The molecule has 4 rings (SSSR count). The number of hydrogen-bond acceptors (Lipinski definition) is 7. The highest BCUT2D eigenvalue weighted by molar-refractivity contribution is 5.80. The number of rotatable bonds is 6. The molecule has 1 fully saturated rings. The molecule has 4 heterocycles. The minimum absolute atomic E-state index is 0.0190. The summed E-state index contributed by atoms with van der Waals surface area (Å²) < 4.78 is 13.0. The third-order valence-corrected chi connectivity index (χ3v) is 4.75. The molecule has 158 valence electrons. The zero-order valence-electron chi connectivity index (χ0n) is 17.2. The molecule has 0 amide bonds. The Kier molecular flexibility index (Phi) is 6.33. The summed E-state index contributed by atoms with van der Waals surface area (Å²) in [7, 11) is 1.91. The van der Waals surface area contributed by atoms with Crippen LogP contribution in [0.25, 0.3) is 11.6 Å². The number of guanidine groups is 1. The van der Waals surface area contributed by atoms with Crippen molar-refractivity contribution in [2.75, 3.05) is 32.8 Å². The second-order valence-electron chi connectivity index (χ2n) is 6.97. The summed E-state index contributed by atoms with van der Waals surface area (Å²) in [5, 5.41) is 11.7. The van der Waals surface area contributed by atoms with Gasteiger partial charge in [-0.3, -0.25) is 14.7 Å². The van der Waals surface area contributed by atoms with Crippen molar-refractivity contribution in [3.63, 3.8) is 0 Å². The van der Waals surface area contributed by atoms with Crippen molar-refractivity contribution in [1.82, 2.24) is 35.1 Å². The highest BCUT2D eigenvalue weighted by Crippen LogP contribution is 2.21. The first-order chi connectivity index (χ1) is 14.7. The van der Waals surface area contributed by atoms with Crippen molar-refractivity contribution in [2.24, 2.45) is 12.0 Å². The van der Waals surface area contributed by atoms with E-state index in [-0.39, 0.29) is 6.10 Å². The van der Waals surface area contributed by atoms with E-state index < -0.39 is 0 Å². The Bertz CT molecular complexity index is 968. The van der Waals surface area contributed by atoms with Gasteiger partial charge in [0.15, 0.2) is 11.8 Å². The lowest BCUT2D eigenvalue weighted by Gasteiger charge is -2.34. The molecule has 0 spiro atoms. The number of ether oxygens (including phenoxy) is 1. The normalized spacial score (nSPS) is 17.3. The van der Waals surface area contributed by atoms with Gasteiger partial charge in [-0.05, 0) is 19.1 Å². The van der Waals surface area contributed by atoms with Gasteiger partial charge in [-0.15, -0.1) is 0 Å². The number of aliphatic imine (C=N–C) groups is 1. The molecule has 0 bridgehead atoms. The Morgan fingerprint density at radius 2 is 2.30 bits per heavy atom. The lowest BCUT2D eigenvalue weighted by molar-refractivity contribution is -0.00803. The summed E-state index contributed by atoms with van der Waals surface area (Å²) in [6, 6.07) is 5.58. The van der Waals surface area contributed by atoms with E-state index >= 15 is 0 Å². The zero-order valence-corrected chi connectivity index (χ0v) is 17.2. The molecule has 1 aliphatic rings. The topological polar surface area (TPSA) is 106 Å². The molecule has 0 radical (unpaired) electrons. The van der Waals surface area contributed by atoms with Crippen LogP contribution in [0, 0.1) is 0 Å². The van der Waals surface area contributed by atoms with Crippen molar-refractivity contribution in [1.29, 1.82) is 0 Å². The van der Waals surface area contributed by atoms with E-state index in [9.17, 15) is 0 Å². The summed E-state index contributed by atoms with van der Waals surface area (Å²) >= 11 is 0. The van der Waals surface area contributed by atoms with Gasteiger partial charge in [-0.1, -0.05) is 11.2 Å². The fourth-order valence-electron chi connectivity index (χ4n) is 3.29. The van der Waals surface area contributed by atoms with Gasteiger partial charge in [-0.2, -0.15) is 10.1 Å². The molecule has 30 heavy (non-hydrogen) atoms. The van der Waals surface area contributed by atoms with E-state index in [1.807, 2.05) is 37.6 Å². The van der Waals surface area contributed by atoms with E-state index in [1.54, 1.807) is 10.9 Å². The minimum Gasteiger partial charge on any atom is -0.370 e. The zero-order chi connectivity index (χ0) is 20.8. The fraction of sp³-hybridized carbons (Fsp3) is 0.450. The Labute approximate surface area is 175 Å². The molecular formula is C20H26N8O2. The lowest BCUT2D eigenvalue weighted by Crippen LogP contribution is -2.48. The number of nitrogens with one attached hydrogen (secondary N) is 1. The first-order valence-electron chi connectivity index (χ1n) is 10.1. The van der Waals surface area contributed by atoms with Gasteiger partial charge < -0.3 is 19.5 Å². The molecular weight excluding hydrogens is 384 g/mol. The van der Waals surface area contributed by atoms with E-state index in [1.165, 1.54) is 0 Å². The summed E-state index contributed by atoms with van der Waals surface area (Å²) in [6.07, 6.45) is 6.12. The van der Waals surface area contributed by atoms with Crippen molar-refractivity contribution in [3.8, 4) is 11.6 Å². The average molecular weight is 410 g/mol. The molecule has 3 aromatic heterocycles. The minimum atomic E-state index is -0.0190. The predicted molar refractivity (Wildman–Crippen MR) is 111 cm³/mol. The van der Waals surface area contributed by atoms with Crippen LogP contribution in [-0.2, 0) is 18.2 Å². The quantitative estimate of drug-likeness (QED) is 0.481. The average Bonchev–Trinajstić information content (AvgIpc) is 3.43. The smallest absolute Gasteiger partial charge is 0.276 e. The molecule has 0 aliphatic carbocycles. The molecule has 0 aromatic carbocycles. The maximum atomic E-state index is 5.94. The third kappa shape index (κ3) is 4.82. The van der Waals surface area contributed by atoms with E-state index in [2.05, 4.69) is 37.4 Å². The summed E-state index contributed by atoms with van der Waals surface area (Å²) in [5.41, 5.74) is 1.75. The van der Waals surface area contributed by atoms with Crippen LogP contribution >= 0.6 is 0 Å². The van der Waals surface area contributed by atoms with Crippen LogP contribution in [0.4, 0.5) is 0 Å². The number of hydrogen-bond donors (Lipinski definition) is 1. The van der Waals surface area contributed by atoms with E-state index in [0.717, 1.165) is 31.2 Å². The first kappa shape index (κ1) is 20.0. The Morgan fingerprint density at radius 3 is 3.07 bits per heavy atom. The molecule has 0 saturated carbocycles. The Hall–Kier alpha value is -3.27. The highest BCUT2D eigenvalue weighted by atomic mass is 16.5. The number of morpholine rings is 1. The lowest BCUT2D eigenvalue weighted by atomic mass is 10.1. The van der Waals surface area contributed by atoms with Crippen LogP contribution in [0.1, 0.15) is 24.4 Å². The molecule has 1 unspecified atom stereocenters. The standard InChI is InChI=1S/C20H26N8O2/c1-3-21-20(28-10-11-29-17(14-28)15-12-24-27(2)13-15)23-9-7-18-25-19(30-26-18)16-6-4-5-8-22-16/h4-6,8,12-13,17H,3,7,9-11,14H2,1-2H3,(H,21,23). The van der Waals surface area contributed by atoms with Crippen LogP contribution in [0.3, 0.4) is 0 Å². The van der Waals surface area contributed by atoms with Crippen molar-refractivity contribution >= 4 is 5.96 Å². The SMILES string of the molecule is CCNC(=NCCc1noc(-c2ccccn2)n1)N1CCOC(c2cnn(C)c2)C1. The molecule has 3 aromatic rings. The first-order valence-corrected chi connectivity index (χ1v) is 10.1. The van der Waals surface area contributed by atoms with Crippen molar-refractivity contribution < 1.29 is 9.26 Å². The largest absolute Gasteiger partial charge is 0.370 e. The van der Waals surface area contributed by atoms with Gasteiger partial charge in [0, 0.05) is 51.1 Å². The van der Waals surface area contributed by atoms with Gasteiger partial charge in [0.2, 0.25) is 0 Å². The molecule has 1 saturated heterocycles. The molecule has 1 atom stereocenters. The van der Waals surface area contributed by atoms with Crippen LogP contribution in [0.15, 0.2) is 46.3 Å². The monoisotopic (exact) mass is 410 g/mol. The third-order valence-electron chi connectivity index (χ3n) is 4.75. The maximum absolute atomic E-state index is 5.94. The second-order valence-corrected chi connectivity index (χ2v) is 6.97. The van der Waals surface area contributed by atoms with Crippen LogP contribution in [0.2, 0.25) is 0 Å². The summed E-state index contributed by atoms with van der Waals surface area (Å²) in [6.45, 7) is 5.56. The highest BCUT2D eigenvalue weighted by Gasteiger charge is 2.25. The van der Waals surface area contributed by atoms with Gasteiger partial charge in [0.1, 0.15) is 11.8 Å². The number of aromatic nitrogens is 5. The molecule has 10 nitrogen and oxygen atoms in total. The van der Waals surface area contributed by atoms with E-state index in [4.69, 9.17) is 14.3 Å². The van der Waals surface area contributed by atoms with Gasteiger partial charge in [0.05, 0.1) is 19.3 Å². The van der Waals surface area contributed by atoms with E-state index in [0.29, 0.717) is 37.0 Å². The Balaban J connectivity index is 1.38. The molecule has 10 heteroatoms. The predicted octanol–water partition coefficient (Wildman–Crippen LogP) is 1.45.